The Labute approximate surface area is 282 Å². The summed E-state index contributed by atoms with van der Waals surface area (Å²) in [4.78, 5) is 13.6. The van der Waals surface area contributed by atoms with Crippen LogP contribution in [0.25, 0.3) is 66.5 Å². The molecule has 0 aliphatic heterocycles. The quantitative estimate of drug-likeness (QED) is 0.168. The monoisotopic (exact) mass is 774 g/mol. The van der Waals surface area contributed by atoms with Gasteiger partial charge in [-0.2, -0.15) is 0 Å². The van der Waals surface area contributed by atoms with Crippen molar-refractivity contribution in [2.24, 2.45) is 0 Å². The fraction of sp³-hybridized carbons (Fsp3) is 0.0976. The minimum Gasteiger partial charge on any atom is -0.486 e. The molecule has 5 heteroatoms. The molecule has 4 heterocycles. The first-order valence-electron chi connectivity index (χ1n) is 15.0. The predicted molar refractivity (Wildman–Crippen MR) is 184 cm³/mol. The molecular weight excluding hydrogens is 743 g/mol. The fourth-order valence-corrected chi connectivity index (χ4v) is 5.45. The Morgan fingerprint density at radius 3 is 2.28 bits per heavy atom. The zero-order chi connectivity index (χ0) is 30.9. The molecule has 0 saturated carbocycles. The van der Waals surface area contributed by atoms with Gasteiger partial charge in [0.1, 0.15) is 0 Å². The largest absolute Gasteiger partial charge is 0.486 e. The van der Waals surface area contributed by atoms with Gasteiger partial charge in [0.25, 0.3) is 0 Å². The van der Waals surface area contributed by atoms with Crippen molar-refractivity contribution in [3.05, 3.63) is 150 Å². The van der Waals surface area contributed by atoms with Crippen LogP contribution in [0, 0.1) is 39.8 Å². The second kappa shape index (κ2) is 13.2. The maximum absolute atomic E-state index is 6.14. The summed E-state index contributed by atoms with van der Waals surface area (Å²) in [7, 11) is 0. The van der Waals surface area contributed by atoms with E-state index in [0.29, 0.717) is 5.71 Å². The van der Waals surface area contributed by atoms with Gasteiger partial charge in [-0.3, -0.25) is 0 Å². The molecule has 8 rings (SSSR count). The molecule has 0 unspecified atom stereocenters. The SMILES string of the molecule is Cc1c[c-]c(-c2cc(C)c(C)cn2)cc1.Cc1ccc2c(n1)oc1c(-c3cc(-c4ccc5ccccc5c4)ccn3)[c-]ccc12.[Ir]. The Balaban J connectivity index is 0.000000197. The van der Waals surface area contributed by atoms with Gasteiger partial charge in [-0.25, -0.2) is 4.98 Å². The molecule has 46 heavy (non-hydrogen) atoms. The van der Waals surface area contributed by atoms with Gasteiger partial charge in [0.15, 0.2) is 0 Å². The number of pyridine rings is 3. The van der Waals surface area contributed by atoms with Gasteiger partial charge in [-0.1, -0.05) is 72.0 Å². The van der Waals surface area contributed by atoms with E-state index in [4.69, 9.17) is 4.42 Å². The molecule has 1 radical (unpaired) electrons. The molecule has 0 aliphatic carbocycles. The Hall–Kier alpha value is -4.96. The van der Waals surface area contributed by atoms with Crippen molar-refractivity contribution < 1.29 is 24.5 Å². The summed E-state index contributed by atoms with van der Waals surface area (Å²) in [6, 6.07) is 41.9. The van der Waals surface area contributed by atoms with Crippen molar-refractivity contribution in [2.75, 3.05) is 0 Å². The smallest absolute Gasteiger partial charge is 0.216 e. The summed E-state index contributed by atoms with van der Waals surface area (Å²) < 4.78 is 6.14. The van der Waals surface area contributed by atoms with Crippen molar-refractivity contribution in [2.45, 2.75) is 27.7 Å². The zero-order valence-corrected chi connectivity index (χ0v) is 28.4. The van der Waals surface area contributed by atoms with Gasteiger partial charge < -0.3 is 14.4 Å². The number of benzene rings is 4. The van der Waals surface area contributed by atoms with Crippen LogP contribution in [0.1, 0.15) is 22.4 Å². The Bertz CT molecular complexity index is 2320. The van der Waals surface area contributed by atoms with Crippen LogP contribution in [0.5, 0.6) is 0 Å². The second-order valence-electron chi connectivity index (χ2n) is 11.4. The van der Waals surface area contributed by atoms with Gasteiger partial charge in [-0.15, -0.1) is 53.6 Å². The van der Waals surface area contributed by atoms with E-state index in [1.165, 1.54) is 27.5 Å². The first kappa shape index (κ1) is 31.0. The van der Waals surface area contributed by atoms with Crippen LogP contribution >= 0.6 is 0 Å². The molecular formula is C41H31IrN3O-2. The number of fused-ring (bicyclic) bond motifs is 4. The summed E-state index contributed by atoms with van der Waals surface area (Å²) >= 11 is 0. The van der Waals surface area contributed by atoms with E-state index in [1.807, 2.05) is 49.6 Å². The third-order valence-corrected chi connectivity index (χ3v) is 8.15. The number of aryl methyl sites for hydroxylation is 4. The van der Waals surface area contributed by atoms with E-state index in [9.17, 15) is 0 Å². The summed E-state index contributed by atoms with van der Waals surface area (Å²) in [6.45, 7) is 8.21. The first-order chi connectivity index (χ1) is 21.9. The fourth-order valence-electron chi connectivity index (χ4n) is 5.45. The van der Waals surface area contributed by atoms with Crippen LogP contribution < -0.4 is 0 Å². The molecule has 227 valence electrons. The van der Waals surface area contributed by atoms with E-state index in [2.05, 4.69) is 121 Å². The van der Waals surface area contributed by atoms with E-state index in [1.54, 1.807) is 0 Å². The van der Waals surface area contributed by atoms with E-state index in [0.717, 1.165) is 55.7 Å². The van der Waals surface area contributed by atoms with E-state index < -0.39 is 0 Å². The number of aromatic nitrogens is 3. The molecule has 0 N–H and O–H groups in total. The van der Waals surface area contributed by atoms with Gasteiger partial charge >= 0.3 is 0 Å². The van der Waals surface area contributed by atoms with Crippen LogP contribution in [-0.2, 0) is 20.1 Å². The molecule has 4 aromatic carbocycles. The molecule has 4 nitrogen and oxygen atoms in total. The molecule has 0 spiro atoms. The standard InChI is InChI=1S/C27H17N2O.C14H14N.Ir/c1-17-9-12-23-22-7-4-8-24(26(22)30-27(23)29-17)25-16-21(13-14-28-25)20-11-10-18-5-2-3-6-19(18)15-20;1-10-4-6-13(7-5-10)14-8-11(2)12(3)9-15-14;/h2-7,9-16H,1H3;4-6,8-9H,1-3H3;/q2*-1;. The summed E-state index contributed by atoms with van der Waals surface area (Å²) in [5.74, 6) is 0. The Kier molecular flexibility index (Phi) is 8.89. The minimum atomic E-state index is 0. The molecule has 0 saturated heterocycles. The third-order valence-electron chi connectivity index (χ3n) is 8.15. The van der Waals surface area contributed by atoms with Gasteiger partial charge in [0.2, 0.25) is 5.71 Å². The number of rotatable bonds is 3. The number of furan rings is 1. The second-order valence-corrected chi connectivity index (χ2v) is 11.4. The Morgan fingerprint density at radius 1 is 0.652 bits per heavy atom. The van der Waals surface area contributed by atoms with Crippen LogP contribution in [-0.4, -0.2) is 15.0 Å². The predicted octanol–water partition coefficient (Wildman–Crippen LogP) is 10.4. The molecule has 0 atom stereocenters. The summed E-state index contributed by atoms with van der Waals surface area (Å²) in [6.07, 6.45) is 3.76. The Morgan fingerprint density at radius 2 is 1.48 bits per heavy atom. The van der Waals surface area contributed by atoms with Crippen molar-refractivity contribution in [1.82, 2.24) is 15.0 Å². The molecule has 4 aromatic heterocycles. The maximum Gasteiger partial charge on any atom is 0.216 e. The third kappa shape index (κ3) is 6.25. The molecule has 0 fully saturated rings. The van der Waals surface area contributed by atoms with Crippen LogP contribution in [0.3, 0.4) is 0 Å². The van der Waals surface area contributed by atoms with Crippen molar-refractivity contribution in [1.29, 1.82) is 0 Å². The van der Waals surface area contributed by atoms with Crippen LogP contribution in [0.4, 0.5) is 0 Å². The normalized spacial score (nSPS) is 10.9. The topological polar surface area (TPSA) is 51.8 Å². The van der Waals surface area contributed by atoms with Gasteiger partial charge in [0, 0.05) is 43.6 Å². The maximum atomic E-state index is 6.14. The number of nitrogens with zero attached hydrogens (tertiary/aromatic N) is 3. The van der Waals surface area contributed by atoms with Crippen molar-refractivity contribution in [3.8, 4) is 33.6 Å². The van der Waals surface area contributed by atoms with E-state index in [-0.39, 0.29) is 20.1 Å². The van der Waals surface area contributed by atoms with Crippen LogP contribution in [0.15, 0.2) is 120 Å². The molecule has 0 bridgehead atoms. The van der Waals surface area contributed by atoms with Crippen molar-refractivity contribution in [3.63, 3.8) is 0 Å². The molecule has 0 aliphatic rings. The summed E-state index contributed by atoms with van der Waals surface area (Å²) in [5, 5.41) is 4.50. The minimum absolute atomic E-state index is 0. The average Bonchev–Trinajstić information content (AvgIpc) is 3.44. The number of hydrogen-bond donors (Lipinski definition) is 0. The first-order valence-corrected chi connectivity index (χ1v) is 15.0. The molecule has 0 amide bonds. The van der Waals surface area contributed by atoms with Gasteiger partial charge in [0.05, 0.1) is 5.58 Å². The number of hydrogen-bond acceptors (Lipinski definition) is 4. The summed E-state index contributed by atoms with van der Waals surface area (Å²) in [5.41, 5.74) is 12.1. The molecule has 8 aromatic rings. The van der Waals surface area contributed by atoms with E-state index >= 15 is 0 Å². The average molecular weight is 774 g/mol. The van der Waals surface area contributed by atoms with Crippen LogP contribution in [0.2, 0.25) is 0 Å². The van der Waals surface area contributed by atoms with Gasteiger partial charge in [-0.05, 0) is 83.9 Å². The zero-order valence-electron chi connectivity index (χ0n) is 26.1. The van der Waals surface area contributed by atoms with Crippen molar-refractivity contribution >= 4 is 32.8 Å².